The molecule has 120 valence electrons. The highest BCUT2D eigenvalue weighted by molar-refractivity contribution is 5.94. The van der Waals surface area contributed by atoms with Crippen LogP contribution in [0.15, 0.2) is 42.7 Å². The van der Waals surface area contributed by atoms with Crippen molar-refractivity contribution in [2.75, 3.05) is 18.4 Å². The van der Waals surface area contributed by atoms with Gasteiger partial charge in [-0.3, -0.25) is 9.78 Å². The van der Waals surface area contributed by atoms with Gasteiger partial charge in [0, 0.05) is 32.0 Å². The lowest BCUT2D eigenvalue weighted by Gasteiger charge is -2.26. The van der Waals surface area contributed by atoms with Crippen molar-refractivity contribution in [3.05, 3.63) is 59.7 Å². The summed E-state index contributed by atoms with van der Waals surface area (Å²) in [6.45, 7) is 2.21. The third-order valence-electron chi connectivity index (χ3n) is 4.04. The number of likely N-dealkylation sites (tertiary alicyclic amines) is 1. The molecule has 0 saturated carbocycles. The van der Waals surface area contributed by atoms with Crippen LogP contribution in [0.2, 0.25) is 0 Å². The standard InChI is InChI=1S/C18H20FN3O/c19-16-6-4-14(5-7-16)11-21-17-10-15(12-20-13-17)18(23)22-8-2-1-3-9-22/h4-7,10,12-13,21H,1-3,8-9,11H2. The van der Waals surface area contributed by atoms with E-state index in [1.54, 1.807) is 24.5 Å². The first kappa shape index (κ1) is 15.5. The number of carbonyl (C=O) groups is 1. The zero-order chi connectivity index (χ0) is 16.1. The molecule has 1 aliphatic heterocycles. The Hall–Kier alpha value is -2.43. The van der Waals surface area contributed by atoms with Gasteiger partial charge in [-0.1, -0.05) is 12.1 Å². The molecule has 1 aromatic heterocycles. The fraction of sp³-hybridized carbons (Fsp3) is 0.333. The van der Waals surface area contributed by atoms with Gasteiger partial charge in [0.05, 0.1) is 11.3 Å². The van der Waals surface area contributed by atoms with E-state index in [0.29, 0.717) is 12.1 Å². The molecule has 0 spiro atoms. The summed E-state index contributed by atoms with van der Waals surface area (Å²) in [4.78, 5) is 18.5. The van der Waals surface area contributed by atoms with E-state index < -0.39 is 0 Å². The van der Waals surface area contributed by atoms with E-state index in [0.717, 1.165) is 37.2 Å². The maximum atomic E-state index is 12.9. The number of halogens is 1. The molecule has 1 fully saturated rings. The molecule has 0 radical (unpaired) electrons. The number of anilines is 1. The van der Waals surface area contributed by atoms with Crippen molar-refractivity contribution in [3.63, 3.8) is 0 Å². The van der Waals surface area contributed by atoms with Crippen molar-refractivity contribution in [3.8, 4) is 0 Å². The third kappa shape index (κ3) is 4.06. The molecular weight excluding hydrogens is 293 g/mol. The lowest BCUT2D eigenvalue weighted by atomic mass is 10.1. The van der Waals surface area contributed by atoms with E-state index in [1.807, 2.05) is 11.0 Å². The van der Waals surface area contributed by atoms with Crippen molar-refractivity contribution in [2.45, 2.75) is 25.8 Å². The van der Waals surface area contributed by atoms with E-state index in [-0.39, 0.29) is 11.7 Å². The number of nitrogens with one attached hydrogen (secondary N) is 1. The van der Waals surface area contributed by atoms with Crippen LogP contribution < -0.4 is 5.32 Å². The first-order chi connectivity index (χ1) is 11.2. The van der Waals surface area contributed by atoms with E-state index in [2.05, 4.69) is 10.3 Å². The quantitative estimate of drug-likeness (QED) is 0.940. The van der Waals surface area contributed by atoms with Gasteiger partial charge in [0.1, 0.15) is 5.82 Å². The highest BCUT2D eigenvalue weighted by Gasteiger charge is 2.18. The summed E-state index contributed by atoms with van der Waals surface area (Å²) >= 11 is 0. The van der Waals surface area contributed by atoms with Gasteiger partial charge < -0.3 is 10.2 Å². The number of carbonyl (C=O) groups excluding carboxylic acids is 1. The van der Waals surface area contributed by atoms with Gasteiger partial charge in [-0.25, -0.2) is 4.39 Å². The summed E-state index contributed by atoms with van der Waals surface area (Å²) < 4.78 is 12.9. The Labute approximate surface area is 135 Å². The van der Waals surface area contributed by atoms with Crippen LogP contribution in [0.5, 0.6) is 0 Å². The van der Waals surface area contributed by atoms with Gasteiger partial charge in [-0.05, 0) is 43.0 Å². The monoisotopic (exact) mass is 313 g/mol. The summed E-state index contributed by atoms with van der Waals surface area (Å²) in [6, 6.07) is 8.17. The van der Waals surface area contributed by atoms with E-state index in [9.17, 15) is 9.18 Å². The number of hydrogen-bond acceptors (Lipinski definition) is 3. The predicted octanol–water partition coefficient (Wildman–Crippen LogP) is 3.46. The molecule has 1 aliphatic rings. The van der Waals surface area contributed by atoms with Crippen LogP contribution in [-0.2, 0) is 6.54 Å². The van der Waals surface area contributed by atoms with Crippen LogP contribution in [0.25, 0.3) is 0 Å². The molecule has 1 N–H and O–H groups in total. The maximum Gasteiger partial charge on any atom is 0.255 e. The molecule has 1 amide bonds. The first-order valence-corrected chi connectivity index (χ1v) is 7.95. The second kappa shape index (κ2) is 7.22. The first-order valence-electron chi connectivity index (χ1n) is 7.95. The Morgan fingerprint density at radius 3 is 2.61 bits per heavy atom. The number of piperidine rings is 1. The molecule has 0 bridgehead atoms. The Morgan fingerprint density at radius 2 is 1.87 bits per heavy atom. The van der Waals surface area contributed by atoms with Gasteiger partial charge in [0.2, 0.25) is 0 Å². The predicted molar refractivity (Wildman–Crippen MR) is 87.7 cm³/mol. The number of nitrogens with zero attached hydrogens (tertiary/aromatic N) is 2. The van der Waals surface area contributed by atoms with Crippen molar-refractivity contribution < 1.29 is 9.18 Å². The molecule has 2 aromatic rings. The topological polar surface area (TPSA) is 45.2 Å². The summed E-state index contributed by atoms with van der Waals surface area (Å²) in [6.07, 6.45) is 6.64. The number of amides is 1. The molecule has 23 heavy (non-hydrogen) atoms. The Kier molecular flexibility index (Phi) is 4.86. The van der Waals surface area contributed by atoms with Crippen LogP contribution in [0, 0.1) is 5.82 Å². The molecule has 2 heterocycles. The zero-order valence-corrected chi connectivity index (χ0v) is 13.0. The summed E-state index contributed by atoms with van der Waals surface area (Å²) in [5.41, 5.74) is 2.37. The molecule has 4 nitrogen and oxygen atoms in total. The Bertz CT molecular complexity index is 666. The fourth-order valence-corrected chi connectivity index (χ4v) is 2.74. The van der Waals surface area contributed by atoms with Crippen LogP contribution >= 0.6 is 0 Å². The van der Waals surface area contributed by atoms with E-state index >= 15 is 0 Å². The summed E-state index contributed by atoms with van der Waals surface area (Å²) in [7, 11) is 0. The van der Waals surface area contributed by atoms with Gasteiger partial charge in [0.25, 0.3) is 5.91 Å². The second-order valence-corrected chi connectivity index (χ2v) is 5.80. The highest BCUT2D eigenvalue weighted by Crippen LogP contribution is 2.16. The second-order valence-electron chi connectivity index (χ2n) is 5.80. The number of pyridine rings is 1. The van der Waals surface area contributed by atoms with Crippen LogP contribution in [0.1, 0.15) is 35.2 Å². The van der Waals surface area contributed by atoms with Crippen LogP contribution in [0.3, 0.4) is 0 Å². The minimum atomic E-state index is -0.246. The number of rotatable bonds is 4. The van der Waals surface area contributed by atoms with Crippen molar-refractivity contribution in [1.82, 2.24) is 9.88 Å². The number of aromatic nitrogens is 1. The van der Waals surface area contributed by atoms with Gasteiger partial charge in [-0.2, -0.15) is 0 Å². The molecular formula is C18H20FN3O. The largest absolute Gasteiger partial charge is 0.380 e. The van der Waals surface area contributed by atoms with E-state index in [1.165, 1.54) is 18.6 Å². The summed E-state index contributed by atoms with van der Waals surface area (Å²) in [5, 5.41) is 3.22. The van der Waals surface area contributed by atoms with Crippen molar-refractivity contribution in [2.24, 2.45) is 0 Å². The fourth-order valence-electron chi connectivity index (χ4n) is 2.74. The smallest absolute Gasteiger partial charge is 0.255 e. The molecule has 3 rings (SSSR count). The lowest BCUT2D eigenvalue weighted by Crippen LogP contribution is -2.35. The maximum absolute atomic E-state index is 12.9. The van der Waals surface area contributed by atoms with Gasteiger partial charge in [-0.15, -0.1) is 0 Å². The minimum Gasteiger partial charge on any atom is -0.380 e. The average molecular weight is 313 g/mol. The highest BCUT2D eigenvalue weighted by atomic mass is 19.1. The molecule has 5 heteroatoms. The molecule has 1 saturated heterocycles. The van der Waals surface area contributed by atoms with Crippen molar-refractivity contribution in [1.29, 1.82) is 0 Å². The zero-order valence-electron chi connectivity index (χ0n) is 13.0. The lowest BCUT2D eigenvalue weighted by molar-refractivity contribution is 0.0724. The van der Waals surface area contributed by atoms with Crippen molar-refractivity contribution >= 4 is 11.6 Å². The minimum absolute atomic E-state index is 0.0441. The Morgan fingerprint density at radius 1 is 1.13 bits per heavy atom. The Balaban J connectivity index is 1.64. The molecule has 0 atom stereocenters. The molecule has 0 unspecified atom stereocenters. The van der Waals surface area contributed by atoms with Crippen LogP contribution in [-0.4, -0.2) is 28.9 Å². The molecule has 0 aliphatic carbocycles. The van der Waals surface area contributed by atoms with E-state index in [4.69, 9.17) is 0 Å². The van der Waals surface area contributed by atoms with Crippen LogP contribution in [0.4, 0.5) is 10.1 Å². The summed E-state index contributed by atoms with van der Waals surface area (Å²) in [5.74, 6) is -0.202. The third-order valence-corrected chi connectivity index (χ3v) is 4.04. The molecule has 1 aromatic carbocycles. The van der Waals surface area contributed by atoms with Gasteiger partial charge >= 0.3 is 0 Å². The number of benzene rings is 1. The van der Waals surface area contributed by atoms with Gasteiger partial charge in [0.15, 0.2) is 0 Å². The normalized spacial score (nSPS) is 14.6. The SMILES string of the molecule is O=C(c1cncc(NCc2ccc(F)cc2)c1)N1CCCCC1. The number of hydrogen-bond donors (Lipinski definition) is 1. The average Bonchev–Trinajstić information content (AvgIpc) is 2.61.